The average Bonchev–Trinajstić information content (AvgIpc) is 3.75. The summed E-state index contributed by atoms with van der Waals surface area (Å²) in [5, 5.41) is 9.46. The number of nitrogens with zero attached hydrogens (tertiary/aromatic N) is 2. The van der Waals surface area contributed by atoms with Gasteiger partial charge in [-0.25, -0.2) is 9.59 Å². The second-order valence-electron chi connectivity index (χ2n) is 16.1. The Hall–Kier alpha value is -5.18. The van der Waals surface area contributed by atoms with Gasteiger partial charge in [0.1, 0.15) is 11.6 Å². The Kier molecular flexibility index (Phi) is 28.8. The molecule has 2 heterocycles. The minimum atomic E-state index is -0.865. The topological polar surface area (TPSA) is 281 Å². The molecule has 0 aromatic heterocycles. The summed E-state index contributed by atoms with van der Waals surface area (Å²) in [7, 11) is 0. The van der Waals surface area contributed by atoms with Crippen LogP contribution in [0.15, 0.2) is 24.3 Å². The molecule has 1 aromatic rings. The van der Waals surface area contributed by atoms with Gasteiger partial charge < -0.3 is 63.4 Å². The second kappa shape index (κ2) is 34.2. The normalized spacial score (nSPS) is 14.0. The minimum Gasteiger partial charge on any atom is -0.444 e. The fourth-order valence-electron chi connectivity index (χ4n) is 6.00. The first-order valence-electron chi connectivity index (χ1n) is 23.1. The summed E-state index contributed by atoms with van der Waals surface area (Å²) in [6.45, 7) is 10.0. The van der Waals surface area contributed by atoms with Crippen LogP contribution < -0.4 is 16.0 Å². The van der Waals surface area contributed by atoms with E-state index in [0.29, 0.717) is 101 Å². The first-order valence-corrected chi connectivity index (χ1v) is 23.1. The molecule has 7 amide bonds. The lowest BCUT2D eigenvalue weighted by molar-refractivity contribution is -0.198. The Balaban J connectivity index is 1.09. The highest BCUT2D eigenvalue weighted by Gasteiger charge is 2.36. The molecule has 24 nitrogen and oxygen atoms in total. The number of ether oxygens (including phenoxy) is 9. The zero-order valence-electron chi connectivity index (χ0n) is 39.9. The SMILES string of the molecule is CC(C)(C)OC(=O)N[C@@H](CCCCNC(=O)CCOCCOCCOCCOCCON1C(=O)c2ccccc2C1=O)C(=O)NCCOCCOCCOCCOCCC(=O)ON1C(=O)CCC1=O. The summed E-state index contributed by atoms with van der Waals surface area (Å²) < 4.78 is 48.8. The molecule has 0 bridgehead atoms. The monoisotopic (exact) mass is 983 g/mol. The molecule has 0 radical (unpaired) electrons. The summed E-state index contributed by atoms with van der Waals surface area (Å²) in [4.78, 5) is 107. The largest absolute Gasteiger partial charge is 0.444 e. The van der Waals surface area contributed by atoms with E-state index in [0.717, 1.165) is 5.06 Å². The van der Waals surface area contributed by atoms with Crippen molar-refractivity contribution >= 4 is 47.5 Å². The summed E-state index contributed by atoms with van der Waals surface area (Å²) in [5.41, 5.74) is -0.133. The summed E-state index contributed by atoms with van der Waals surface area (Å²) in [5.74, 6) is -3.39. The predicted molar refractivity (Wildman–Crippen MR) is 239 cm³/mol. The number of hydrogen-bond donors (Lipinski definition) is 3. The number of carbonyl (C=O) groups excluding carboxylic acids is 8. The lowest BCUT2D eigenvalue weighted by Gasteiger charge is -2.23. The average molecular weight is 984 g/mol. The van der Waals surface area contributed by atoms with E-state index in [-0.39, 0.29) is 91.0 Å². The number of imide groups is 2. The van der Waals surface area contributed by atoms with Gasteiger partial charge in [0.25, 0.3) is 23.6 Å². The maximum Gasteiger partial charge on any atom is 0.408 e. The lowest BCUT2D eigenvalue weighted by Crippen LogP contribution is -2.48. The van der Waals surface area contributed by atoms with Crippen molar-refractivity contribution in [2.75, 3.05) is 125 Å². The van der Waals surface area contributed by atoms with Crippen LogP contribution in [0.5, 0.6) is 0 Å². The van der Waals surface area contributed by atoms with Gasteiger partial charge in [0.2, 0.25) is 11.8 Å². The number of hydroxylamine groups is 4. The van der Waals surface area contributed by atoms with Gasteiger partial charge in [-0.05, 0) is 52.2 Å². The van der Waals surface area contributed by atoms with E-state index in [1.54, 1.807) is 45.0 Å². The first-order chi connectivity index (χ1) is 33.3. The van der Waals surface area contributed by atoms with Crippen LogP contribution in [-0.4, -0.2) is 195 Å². The molecule has 3 rings (SSSR count). The minimum absolute atomic E-state index is 0.0279. The van der Waals surface area contributed by atoms with E-state index in [9.17, 15) is 38.4 Å². The smallest absolute Gasteiger partial charge is 0.408 e. The van der Waals surface area contributed by atoms with Crippen molar-refractivity contribution in [3.8, 4) is 0 Å². The number of nitrogens with one attached hydrogen (secondary N) is 3. The number of rotatable bonds is 39. The van der Waals surface area contributed by atoms with Gasteiger partial charge in [-0.1, -0.05) is 12.1 Å². The lowest BCUT2D eigenvalue weighted by atomic mass is 10.1. The van der Waals surface area contributed by atoms with Crippen LogP contribution in [0, 0.1) is 0 Å². The van der Waals surface area contributed by atoms with Crippen molar-refractivity contribution in [2.24, 2.45) is 0 Å². The van der Waals surface area contributed by atoms with Crippen LogP contribution in [-0.2, 0) is 76.3 Å². The molecule has 2 aliphatic rings. The van der Waals surface area contributed by atoms with Crippen LogP contribution in [0.1, 0.15) is 86.4 Å². The number of benzene rings is 1. The maximum absolute atomic E-state index is 13.0. The molecule has 1 fully saturated rings. The molecule has 0 saturated carbocycles. The Morgan fingerprint density at radius 1 is 0.565 bits per heavy atom. The molecule has 0 spiro atoms. The van der Waals surface area contributed by atoms with Crippen LogP contribution >= 0.6 is 0 Å². The maximum atomic E-state index is 13.0. The fourth-order valence-corrected chi connectivity index (χ4v) is 6.00. The molecule has 1 saturated heterocycles. The predicted octanol–water partition coefficient (Wildman–Crippen LogP) is 1.03. The summed E-state index contributed by atoms with van der Waals surface area (Å²) in [6, 6.07) is 5.66. The third-order valence-electron chi connectivity index (χ3n) is 9.35. The van der Waals surface area contributed by atoms with Gasteiger partial charge in [-0.3, -0.25) is 33.6 Å². The molecule has 1 atom stereocenters. The molecule has 0 unspecified atom stereocenters. The van der Waals surface area contributed by atoms with Gasteiger partial charge in [0.15, 0.2) is 0 Å². The zero-order valence-corrected chi connectivity index (χ0v) is 39.9. The number of carbonyl (C=O) groups is 8. The van der Waals surface area contributed by atoms with E-state index < -0.39 is 53.2 Å². The quantitative estimate of drug-likeness (QED) is 0.0614. The van der Waals surface area contributed by atoms with Crippen molar-refractivity contribution < 1.29 is 90.7 Å². The number of amides is 7. The van der Waals surface area contributed by atoms with Gasteiger partial charge in [0, 0.05) is 32.4 Å². The van der Waals surface area contributed by atoms with Crippen LogP contribution in [0.2, 0.25) is 0 Å². The first kappa shape index (κ1) is 58.1. The molecule has 388 valence electrons. The van der Waals surface area contributed by atoms with E-state index in [2.05, 4.69) is 16.0 Å². The van der Waals surface area contributed by atoms with Crippen LogP contribution in [0.25, 0.3) is 0 Å². The van der Waals surface area contributed by atoms with Crippen LogP contribution in [0.4, 0.5) is 4.79 Å². The number of unbranched alkanes of at least 4 members (excludes halogenated alkanes) is 1. The number of hydrogen-bond acceptors (Lipinski definition) is 19. The number of fused-ring (bicyclic) bond motifs is 1. The molecule has 0 aliphatic carbocycles. The summed E-state index contributed by atoms with van der Waals surface area (Å²) >= 11 is 0. The van der Waals surface area contributed by atoms with Crippen molar-refractivity contribution in [2.45, 2.75) is 77.4 Å². The van der Waals surface area contributed by atoms with Crippen molar-refractivity contribution in [1.82, 2.24) is 26.1 Å². The van der Waals surface area contributed by atoms with Gasteiger partial charge in [-0.15, -0.1) is 10.1 Å². The Morgan fingerprint density at radius 3 is 1.54 bits per heavy atom. The van der Waals surface area contributed by atoms with Crippen molar-refractivity contribution in [1.29, 1.82) is 0 Å². The van der Waals surface area contributed by atoms with Gasteiger partial charge >= 0.3 is 12.1 Å². The van der Waals surface area contributed by atoms with E-state index >= 15 is 0 Å². The molecule has 1 aromatic carbocycles. The second-order valence-corrected chi connectivity index (χ2v) is 16.1. The highest BCUT2D eigenvalue weighted by molar-refractivity contribution is 6.20. The highest BCUT2D eigenvalue weighted by atomic mass is 16.7. The van der Waals surface area contributed by atoms with Gasteiger partial charge in [0.05, 0.1) is 130 Å². The third-order valence-corrected chi connectivity index (χ3v) is 9.35. The third kappa shape index (κ3) is 25.3. The molecular formula is C45H69N5O19. The standard InChI is InChI=1S/C45H69N5O19/c1-45(2,3)68-44(58)48-36(41(55)47-16-19-61-22-25-64-28-26-63-24-21-60-18-14-40(54)69-49-38(52)11-12-39(49)53)10-6-7-15-46-37(51)13-17-59-20-23-62-27-29-65-30-31-66-32-33-67-50-42(56)34-8-4-5-9-35(34)43(50)57/h4-5,8-9,36H,6-7,10-33H2,1-3H3,(H,46,51)(H,47,55)(H,48,58)/t36-/m0/s1. The van der Waals surface area contributed by atoms with Crippen LogP contribution in [0.3, 0.4) is 0 Å². The zero-order chi connectivity index (χ0) is 50.1. The van der Waals surface area contributed by atoms with Crippen molar-refractivity contribution in [3.63, 3.8) is 0 Å². The molecule has 69 heavy (non-hydrogen) atoms. The Bertz CT molecular complexity index is 1710. The number of alkyl carbamates (subject to hydrolysis) is 1. The fraction of sp³-hybridized carbons (Fsp3) is 0.689. The van der Waals surface area contributed by atoms with Crippen molar-refractivity contribution in [3.05, 3.63) is 35.4 Å². The molecular weight excluding hydrogens is 915 g/mol. The van der Waals surface area contributed by atoms with E-state index in [4.69, 9.17) is 52.3 Å². The van der Waals surface area contributed by atoms with Gasteiger partial charge in [-0.2, -0.15) is 0 Å². The van der Waals surface area contributed by atoms with E-state index in [1.165, 1.54) is 0 Å². The van der Waals surface area contributed by atoms with E-state index in [1.807, 2.05) is 0 Å². The molecule has 3 N–H and O–H groups in total. The highest BCUT2D eigenvalue weighted by Crippen LogP contribution is 2.22. The Morgan fingerprint density at radius 2 is 1.03 bits per heavy atom. The molecule has 2 aliphatic heterocycles. The summed E-state index contributed by atoms with van der Waals surface area (Å²) in [6.07, 6.45) is 0.785. The molecule has 24 heteroatoms. The Labute approximate surface area is 401 Å².